The number of rotatable bonds is 21. The number of hydrogen-bond donors (Lipinski definition) is 1. The van der Waals surface area contributed by atoms with Crippen molar-refractivity contribution in [1.82, 2.24) is 0 Å². The summed E-state index contributed by atoms with van der Waals surface area (Å²) >= 11 is 0. The SMILES string of the molecule is COc1ccc(C(OCCSSCCCCCCCCCCC(=O)O)(c2ccccc2)c2ccc(OC)cc2)cc1. The summed E-state index contributed by atoms with van der Waals surface area (Å²) in [6.07, 6.45) is 9.49. The van der Waals surface area contributed by atoms with Crippen LogP contribution in [-0.2, 0) is 15.1 Å². The molecule has 5 nitrogen and oxygen atoms in total. The summed E-state index contributed by atoms with van der Waals surface area (Å²) < 4.78 is 17.8. The Kier molecular flexibility index (Phi) is 15.0. The number of unbranched alkanes of at least 4 members (excludes halogenated alkanes) is 7. The second kappa shape index (κ2) is 18.7. The lowest BCUT2D eigenvalue weighted by Crippen LogP contribution is -2.33. The zero-order valence-corrected chi connectivity index (χ0v) is 26.0. The van der Waals surface area contributed by atoms with Crippen LogP contribution in [0.25, 0.3) is 0 Å². The van der Waals surface area contributed by atoms with Gasteiger partial charge in [-0.3, -0.25) is 4.79 Å². The predicted molar refractivity (Wildman–Crippen MR) is 172 cm³/mol. The first-order valence-corrected chi connectivity index (χ1v) is 17.0. The van der Waals surface area contributed by atoms with E-state index in [1.165, 1.54) is 32.1 Å². The summed E-state index contributed by atoms with van der Waals surface area (Å²) in [7, 11) is 7.17. The summed E-state index contributed by atoms with van der Waals surface area (Å²) in [5, 5.41) is 8.70. The smallest absolute Gasteiger partial charge is 0.303 e. The topological polar surface area (TPSA) is 65.0 Å². The van der Waals surface area contributed by atoms with Gasteiger partial charge in [-0.15, -0.1) is 0 Å². The number of hydrogen-bond acceptors (Lipinski definition) is 6. The van der Waals surface area contributed by atoms with Gasteiger partial charge in [-0.05, 0) is 53.8 Å². The molecule has 222 valence electrons. The standard InChI is InChI=1S/C34H44O5S2/c1-37-31-21-17-29(18-22-31)34(28-14-10-9-11-15-28,30-19-23-32(38-2)24-20-30)39-25-27-41-40-26-13-8-6-4-3-5-7-12-16-33(35)36/h9-11,14-15,17-24H,3-8,12-13,16,25-27H2,1-2H3,(H,35,36). The first kappa shape index (κ1) is 32.9. The lowest BCUT2D eigenvalue weighted by Gasteiger charge is -2.36. The minimum atomic E-state index is -0.765. The maximum absolute atomic E-state index is 10.6. The lowest BCUT2D eigenvalue weighted by atomic mass is 9.80. The van der Waals surface area contributed by atoms with Crippen LogP contribution in [0.1, 0.15) is 74.5 Å². The van der Waals surface area contributed by atoms with E-state index in [-0.39, 0.29) is 0 Å². The van der Waals surface area contributed by atoms with E-state index in [0.717, 1.165) is 59.0 Å². The molecule has 0 amide bonds. The molecule has 0 aliphatic heterocycles. The maximum Gasteiger partial charge on any atom is 0.303 e. The van der Waals surface area contributed by atoms with Gasteiger partial charge in [-0.1, -0.05) is 115 Å². The molecule has 0 aromatic heterocycles. The number of carboxylic acid groups (broad SMARTS) is 1. The highest BCUT2D eigenvalue weighted by Crippen LogP contribution is 2.42. The van der Waals surface area contributed by atoms with Crippen molar-refractivity contribution in [3.8, 4) is 11.5 Å². The van der Waals surface area contributed by atoms with E-state index >= 15 is 0 Å². The Morgan fingerprint density at radius 2 is 1.10 bits per heavy atom. The van der Waals surface area contributed by atoms with E-state index < -0.39 is 11.6 Å². The predicted octanol–water partition coefficient (Wildman–Crippen LogP) is 8.99. The van der Waals surface area contributed by atoms with Crippen LogP contribution < -0.4 is 9.47 Å². The largest absolute Gasteiger partial charge is 0.497 e. The van der Waals surface area contributed by atoms with Crippen molar-refractivity contribution < 1.29 is 24.1 Å². The third kappa shape index (κ3) is 10.6. The van der Waals surface area contributed by atoms with E-state index in [4.69, 9.17) is 19.3 Å². The van der Waals surface area contributed by atoms with Crippen LogP contribution in [-0.4, -0.2) is 43.4 Å². The van der Waals surface area contributed by atoms with Crippen LogP contribution in [0.4, 0.5) is 0 Å². The Balaban J connectivity index is 1.53. The summed E-state index contributed by atoms with van der Waals surface area (Å²) in [6, 6.07) is 26.7. The minimum absolute atomic E-state index is 0.302. The maximum atomic E-state index is 10.6. The molecule has 0 saturated heterocycles. The molecule has 1 N–H and O–H groups in total. The molecule has 0 aliphatic carbocycles. The molecule has 0 aliphatic rings. The molecule has 0 fully saturated rings. The molecular weight excluding hydrogens is 553 g/mol. The third-order valence-corrected chi connectivity index (χ3v) is 9.57. The van der Waals surface area contributed by atoms with Crippen molar-refractivity contribution >= 4 is 27.6 Å². The summed E-state index contributed by atoms with van der Waals surface area (Å²) in [5.41, 5.74) is 2.41. The van der Waals surface area contributed by atoms with Crippen molar-refractivity contribution in [3.63, 3.8) is 0 Å². The molecule has 0 bridgehead atoms. The van der Waals surface area contributed by atoms with Crippen LogP contribution in [0.2, 0.25) is 0 Å². The average Bonchev–Trinajstić information content (AvgIpc) is 3.01. The fraction of sp³-hybridized carbons (Fsp3) is 0.441. The number of methoxy groups -OCH3 is 2. The van der Waals surface area contributed by atoms with Crippen molar-refractivity contribution in [2.45, 2.75) is 63.4 Å². The van der Waals surface area contributed by atoms with E-state index in [1.807, 2.05) is 51.9 Å². The highest BCUT2D eigenvalue weighted by Gasteiger charge is 2.37. The molecule has 7 heteroatoms. The summed E-state index contributed by atoms with van der Waals surface area (Å²) in [6.45, 7) is 0.604. The van der Waals surface area contributed by atoms with Gasteiger partial charge in [0.25, 0.3) is 0 Å². The van der Waals surface area contributed by atoms with Crippen molar-refractivity contribution in [3.05, 3.63) is 95.6 Å². The van der Waals surface area contributed by atoms with Crippen molar-refractivity contribution in [2.75, 3.05) is 32.3 Å². The molecule has 0 saturated carbocycles. The van der Waals surface area contributed by atoms with E-state index in [2.05, 4.69) is 48.5 Å². The van der Waals surface area contributed by atoms with E-state index in [1.54, 1.807) is 14.2 Å². The zero-order chi connectivity index (χ0) is 29.2. The number of ether oxygens (including phenoxy) is 3. The number of carbonyl (C=O) groups is 1. The summed E-state index contributed by atoms with van der Waals surface area (Å²) in [5.74, 6) is 2.98. The van der Waals surface area contributed by atoms with Crippen LogP contribution in [0.15, 0.2) is 78.9 Å². The number of benzene rings is 3. The van der Waals surface area contributed by atoms with Gasteiger partial charge >= 0.3 is 5.97 Å². The van der Waals surface area contributed by atoms with Crippen molar-refractivity contribution in [1.29, 1.82) is 0 Å². The van der Waals surface area contributed by atoms with Crippen LogP contribution in [0.5, 0.6) is 11.5 Å². The molecule has 3 rings (SSSR count). The fourth-order valence-electron chi connectivity index (χ4n) is 4.92. The molecular formula is C34H44O5S2. The highest BCUT2D eigenvalue weighted by molar-refractivity contribution is 8.76. The van der Waals surface area contributed by atoms with Crippen LogP contribution in [0, 0.1) is 0 Å². The Bertz CT molecular complexity index is 1070. The Hall–Kier alpha value is -2.61. The van der Waals surface area contributed by atoms with Gasteiger partial charge in [0.05, 0.1) is 20.8 Å². The normalized spacial score (nSPS) is 11.4. The quantitative estimate of drug-likeness (QED) is 0.0748. The van der Waals surface area contributed by atoms with Crippen LogP contribution in [0.3, 0.4) is 0 Å². The van der Waals surface area contributed by atoms with Gasteiger partial charge in [-0.25, -0.2) is 0 Å². The van der Waals surface area contributed by atoms with Gasteiger partial charge in [0.2, 0.25) is 0 Å². The molecule has 3 aromatic carbocycles. The molecule has 0 radical (unpaired) electrons. The average molecular weight is 597 g/mol. The van der Waals surface area contributed by atoms with E-state index in [0.29, 0.717) is 13.0 Å². The molecule has 0 heterocycles. The van der Waals surface area contributed by atoms with Gasteiger partial charge in [0, 0.05) is 17.9 Å². The Morgan fingerprint density at radius 1 is 0.634 bits per heavy atom. The number of carboxylic acids is 1. The molecule has 3 aromatic rings. The molecule has 41 heavy (non-hydrogen) atoms. The fourth-order valence-corrected chi connectivity index (χ4v) is 6.89. The minimum Gasteiger partial charge on any atom is -0.497 e. The molecule has 0 unspecified atom stereocenters. The van der Waals surface area contributed by atoms with E-state index in [9.17, 15) is 4.79 Å². The second-order valence-electron chi connectivity index (χ2n) is 9.97. The molecule has 0 atom stereocenters. The van der Waals surface area contributed by atoms with Gasteiger partial charge in [0.1, 0.15) is 17.1 Å². The molecule has 0 spiro atoms. The first-order chi connectivity index (χ1) is 20.1. The lowest BCUT2D eigenvalue weighted by molar-refractivity contribution is -0.137. The number of aliphatic carboxylic acids is 1. The monoisotopic (exact) mass is 596 g/mol. The second-order valence-corrected chi connectivity index (χ2v) is 12.7. The third-order valence-electron chi connectivity index (χ3n) is 7.11. The van der Waals surface area contributed by atoms with Crippen LogP contribution >= 0.6 is 21.6 Å². The Labute approximate surface area is 253 Å². The van der Waals surface area contributed by atoms with Gasteiger partial charge < -0.3 is 19.3 Å². The van der Waals surface area contributed by atoms with Gasteiger partial charge in [0.15, 0.2) is 0 Å². The van der Waals surface area contributed by atoms with Crippen molar-refractivity contribution in [2.24, 2.45) is 0 Å². The highest BCUT2D eigenvalue weighted by atomic mass is 33.1. The zero-order valence-electron chi connectivity index (χ0n) is 24.4. The summed E-state index contributed by atoms with van der Waals surface area (Å²) in [4.78, 5) is 10.6. The van der Waals surface area contributed by atoms with Gasteiger partial charge in [-0.2, -0.15) is 0 Å². The first-order valence-electron chi connectivity index (χ1n) is 14.5. The Morgan fingerprint density at radius 3 is 1.61 bits per heavy atom.